The zero-order valence-corrected chi connectivity index (χ0v) is 9.53. The lowest BCUT2D eigenvalue weighted by Crippen LogP contribution is -2.09. The van der Waals surface area contributed by atoms with Crippen LogP contribution in [0, 0.1) is 11.3 Å². The number of aliphatic carboxylic acids is 2. The number of amides is 1. The molecule has 0 saturated heterocycles. The molecule has 4 N–H and O–H groups in total. The molecule has 1 rings (SSSR count). The minimum atomic E-state index is -1.82. The maximum absolute atomic E-state index is 10.2. The lowest BCUT2D eigenvalue weighted by molar-refractivity contribution is -0.159. The van der Waals surface area contributed by atoms with Gasteiger partial charge in [-0.3, -0.25) is 5.32 Å². The van der Waals surface area contributed by atoms with E-state index in [2.05, 4.69) is 5.32 Å². The number of carboxylic acids is 2. The fraction of sp³-hybridized carbons (Fsp3) is 0.0909. The molecule has 0 aromatic heterocycles. The van der Waals surface area contributed by atoms with E-state index in [1.54, 1.807) is 24.3 Å². The molecule has 0 aliphatic rings. The molecule has 0 aliphatic carbocycles. The van der Waals surface area contributed by atoms with Gasteiger partial charge < -0.3 is 15.3 Å². The highest BCUT2D eigenvalue weighted by molar-refractivity contribution is 6.27. The number of anilines is 1. The Balaban J connectivity index is 0.000000459. The van der Waals surface area contributed by atoms with Crippen LogP contribution in [-0.4, -0.2) is 33.4 Å². The predicted octanol–water partition coefficient (Wildman–Crippen LogP) is 0.998. The molecule has 0 radical (unpaired) electrons. The number of hydrogen-bond donors (Lipinski definition) is 4. The van der Waals surface area contributed by atoms with Crippen LogP contribution in [0.2, 0.25) is 0 Å². The number of rotatable bonds is 2. The number of benzene rings is 1. The van der Waals surface area contributed by atoms with Crippen LogP contribution in [-0.2, 0) is 16.0 Å². The summed E-state index contributed by atoms with van der Waals surface area (Å²) in [5.74, 6) is -3.65. The van der Waals surface area contributed by atoms with Crippen LogP contribution in [0.1, 0.15) is 5.56 Å². The Morgan fingerprint density at radius 3 is 1.84 bits per heavy atom. The Morgan fingerprint density at radius 2 is 1.53 bits per heavy atom. The Kier molecular flexibility index (Phi) is 6.77. The van der Waals surface area contributed by atoms with Crippen molar-refractivity contribution in [1.29, 1.82) is 5.26 Å². The van der Waals surface area contributed by atoms with Gasteiger partial charge in [0.05, 0.1) is 12.5 Å². The topological polar surface area (TPSA) is 148 Å². The van der Waals surface area contributed by atoms with Crippen molar-refractivity contribution in [2.75, 3.05) is 5.32 Å². The Bertz CT molecular complexity index is 491. The van der Waals surface area contributed by atoms with Gasteiger partial charge in [0, 0.05) is 5.69 Å². The molecular formula is C11H10N2O6. The third-order valence-corrected chi connectivity index (χ3v) is 1.67. The molecular weight excluding hydrogens is 256 g/mol. The van der Waals surface area contributed by atoms with Crippen molar-refractivity contribution in [3.8, 4) is 6.07 Å². The van der Waals surface area contributed by atoms with Gasteiger partial charge >= 0.3 is 18.0 Å². The molecule has 100 valence electrons. The summed E-state index contributed by atoms with van der Waals surface area (Å²) in [6.45, 7) is 0. The molecule has 0 fully saturated rings. The van der Waals surface area contributed by atoms with Gasteiger partial charge in [-0.25, -0.2) is 14.4 Å². The fourth-order valence-electron chi connectivity index (χ4n) is 0.921. The number of nitrogens with zero attached hydrogens (tertiary/aromatic N) is 1. The van der Waals surface area contributed by atoms with Crippen molar-refractivity contribution in [1.82, 2.24) is 0 Å². The molecule has 8 nitrogen and oxygen atoms in total. The lowest BCUT2D eigenvalue weighted by atomic mass is 10.1. The molecule has 0 saturated carbocycles. The van der Waals surface area contributed by atoms with Crippen molar-refractivity contribution in [3.05, 3.63) is 29.8 Å². The second-order valence-electron chi connectivity index (χ2n) is 3.07. The second kappa shape index (κ2) is 8.08. The molecule has 0 heterocycles. The highest BCUT2D eigenvalue weighted by Crippen LogP contribution is 2.09. The summed E-state index contributed by atoms with van der Waals surface area (Å²) in [6, 6.07) is 8.69. The smallest absolute Gasteiger partial charge is 0.414 e. The molecule has 0 bridgehead atoms. The molecule has 8 heteroatoms. The van der Waals surface area contributed by atoms with Crippen molar-refractivity contribution >= 4 is 23.7 Å². The van der Waals surface area contributed by atoms with Crippen LogP contribution in [0.15, 0.2) is 24.3 Å². The molecule has 1 aromatic rings. The first-order valence-corrected chi connectivity index (χ1v) is 4.79. The maximum Gasteiger partial charge on any atom is 0.414 e. The van der Waals surface area contributed by atoms with Crippen LogP contribution in [0.5, 0.6) is 0 Å². The Hall–Kier alpha value is -3.08. The van der Waals surface area contributed by atoms with Crippen LogP contribution in [0.3, 0.4) is 0 Å². The lowest BCUT2D eigenvalue weighted by Gasteiger charge is -2.00. The average molecular weight is 266 g/mol. The summed E-state index contributed by atoms with van der Waals surface area (Å²) in [4.78, 5) is 28.4. The first kappa shape index (κ1) is 15.9. The highest BCUT2D eigenvalue weighted by atomic mass is 16.4. The summed E-state index contributed by atoms with van der Waals surface area (Å²) in [6.07, 6.45) is -0.749. The molecule has 0 aliphatic heterocycles. The minimum absolute atomic E-state index is 0.341. The van der Waals surface area contributed by atoms with E-state index >= 15 is 0 Å². The van der Waals surface area contributed by atoms with Crippen molar-refractivity contribution in [2.24, 2.45) is 0 Å². The number of carbonyl (C=O) groups is 3. The Morgan fingerprint density at radius 1 is 1.05 bits per heavy atom. The molecule has 1 amide bonds. The van der Waals surface area contributed by atoms with Crippen molar-refractivity contribution in [2.45, 2.75) is 6.42 Å². The maximum atomic E-state index is 10.2. The van der Waals surface area contributed by atoms with Crippen LogP contribution >= 0.6 is 0 Å². The first-order chi connectivity index (χ1) is 8.86. The summed E-state index contributed by atoms with van der Waals surface area (Å²) in [5, 5.41) is 33.7. The summed E-state index contributed by atoms with van der Waals surface area (Å²) < 4.78 is 0. The zero-order valence-electron chi connectivity index (χ0n) is 9.53. The zero-order chi connectivity index (χ0) is 14.8. The van der Waals surface area contributed by atoms with Gasteiger partial charge in [-0.15, -0.1) is 0 Å². The van der Waals surface area contributed by atoms with E-state index in [1.807, 2.05) is 6.07 Å². The average Bonchev–Trinajstić information content (AvgIpc) is 2.32. The van der Waals surface area contributed by atoms with Gasteiger partial charge in [-0.2, -0.15) is 5.26 Å². The van der Waals surface area contributed by atoms with E-state index in [0.717, 1.165) is 5.56 Å². The highest BCUT2D eigenvalue weighted by Gasteiger charge is 2.04. The van der Waals surface area contributed by atoms with Crippen LogP contribution < -0.4 is 5.32 Å². The van der Waals surface area contributed by atoms with Crippen LogP contribution in [0.4, 0.5) is 10.5 Å². The Labute approximate surface area is 107 Å². The van der Waals surface area contributed by atoms with E-state index in [0.29, 0.717) is 12.1 Å². The van der Waals surface area contributed by atoms with Gasteiger partial charge in [0.15, 0.2) is 0 Å². The number of hydrogen-bond acceptors (Lipinski definition) is 4. The molecule has 1 aromatic carbocycles. The molecule has 0 unspecified atom stereocenters. The van der Waals surface area contributed by atoms with E-state index in [-0.39, 0.29) is 0 Å². The van der Waals surface area contributed by atoms with E-state index in [9.17, 15) is 4.79 Å². The van der Waals surface area contributed by atoms with E-state index in [4.69, 9.17) is 30.2 Å². The number of nitriles is 1. The first-order valence-electron chi connectivity index (χ1n) is 4.79. The van der Waals surface area contributed by atoms with Crippen molar-refractivity contribution in [3.63, 3.8) is 0 Å². The second-order valence-corrected chi connectivity index (χ2v) is 3.07. The third kappa shape index (κ3) is 7.76. The van der Waals surface area contributed by atoms with Crippen molar-refractivity contribution < 1.29 is 29.7 Å². The number of carboxylic acid groups (broad SMARTS) is 3. The molecule has 19 heavy (non-hydrogen) atoms. The number of nitrogens with one attached hydrogen (secondary N) is 1. The van der Waals surface area contributed by atoms with Gasteiger partial charge in [-0.1, -0.05) is 12.1 Å². The van der Waals surface area contributed by atoms with Crippen LogP contribution in [0.25, 0.3) is 0 Å². The standard InChI is InChI=1S/C9H8N2O2.C2H2O4/c10-6-5-7-1-3-8(4-2-7)11-9(12)13;3-1(4)2(5)6/h1-4,11H,5H2,(H,12,13);(H,3,4)(H,5,6). The monoisotopic (exact) mass is 266 g/mol. The largest absolute Gasteiger partial charge is 0.473 e. The SMILES string of the molecule is N#CCc1ccc(NC(=O)O)cc1.O=C(O)C(=O)O. The molecule has 0 atom stereocenters. The minimum Gasteiger partial charge on any atom is -0.473 e. The normalized spacial score (nSPS) is 8.37. The van der Waals surface area contributed by atoms with Gasteiger partial charge in [-0.05, 0) is 17.7 Å². The predicted molar refractivity (Wildman–Crippen MR) is 62.7 cm³/mol. The van der Waals surface area contributed by atoms with E-state index in [1.165, 1.54) is 0 Å². The third-order valence-electron chi connectivity index (χ3n) is 1.67. The quantitative estimate of drug-likeness (QED) is 0.583. The van der Waals surface area contributed by atoms with Gasteiger partial charge in [0.1, 0.15) is 0 Å². The van der Waals surface area contributed by atoms with Gasteiger partial charge in [0.2, 0.25) is 0 Å². The fourth-order valence-corrected chi connectivity index (χ4v) is 0.921. The summed E-state index contributed by atoms with van der Waals surface area (Å²) >= 11 is 0. The molecule has 0 spiro atoms. The summed E-state index contributed by atoms with van der Waals surface area (Å²) in [7, 11) is 0. The summed E-state index contributed by atoms with van der Waals surface area (Å²) in [5.41, 5.74) is 1.38. The van der Waals surface area contributed by atoms with E-state index < -0.39 is 18.0 Å². The van der Waals surface area contributed by atoms with Gasteiger partial charge in [0.25, 0.3) is 0 Å².